The molecule has 0 fully saturated rings. The highest BCUT2D eigenvalue weighted by Crippen LogP contribution is 2.14. The molecule has 0 saturated heterocycles. The number of hydrogen-bond donors (Lipinski definition) is 1. The lowest BCUT2D eigenvalue weighted by Gasteiger charge is -2.22. The number of alkyl halides is 2. The fraction of sp³-hybridized carbons (Fsp3) is 1.00. The number of sulfonamides is 1. The fourth-order valence-corrected chi connectivity index (χ4v) is 2.22. The van der Waals surface area contributed by atoms with Crippen molar-refractivity contribution in [1.29, 1.82) is 0 Å². The molecule has 0 rings (SSSR count). The van der Waals surface area contributed by atoms with Crippen molar-refractivity contribution in [3.63, 3.8) is 0 Å². The lowest BCUT2D eigenvalue weighted by molar-refractivity contribution is 0.215. The molecule has 0 aliphatic rings. The summed E-state index contributed by atoms with van der Waals surface area (Å²) in [6.07, 6.45) is 0.388. The second-order valence-electron chi connectivity index (χ2n) is 3.70. The smallest absolute Gasteiger partial charge is 0.330 e. The first-order valence-electron chi connectivity index (χ1n) is 4.79. The molecular weight excluding hydrogens is 226 g/mol. The standard InChI is InChI=1S/C8H18F2N2O2S/c1-7(2)6-12(5-3-4-11)15(13,14)8(9)10/h7-8H,3-6,11H2,1-2H3. The van der Waals surface area contributed by atoms with Crippen molar-refractivity contribution in [2.75, 3.05) is 19.6 Å². The Hall–Kier alpha value is -0.270. The summed E-state index contributed by atoms with van der Waals surface area (Å²) < 4.78 is 47.8. The van der Waals surface area contributed by atoms with Crippen LogP contribution in [0.2, 0.25) is 0 Å². The zero-order valence-corrected chi connectivity index (χ0v) is 9.80. The minimum Gasteiger partial charge on any atom is -0.330 e. The first-order valence-corrected chi connectivity index (χ1v) is 6.29. The maximum absolute atomic E-state index is 12.3. The molecule has 0 spiro atoms. The van der Waals surface area contributed by atoms with Crippen molar-refractivity contribution in [3.05, 3.63) is 0 Å². The van der Waals surface area contributed by atoms with Crippen molar-refractivity contribution >= 4 is 10.0 Å². The van der Waals surface area contributed by atoms with Gasteiger partial charge in [0.1, 0.15) is 0 Å². The van der Waals surface area contributed by atoms with Crippen LogP contribution in [0.25, 0.3) is 0 Å². The molecule has 0 saturated carbocycles. The van der Waals surface area contributed by atoms with Gasteiger partial charge in [-0.15, -0.1) is 0 Å². The van der Waals surface area contributed by atoms with E-state index in [1.54, 1.807) is 13.8 Å². The van der Waals surface area contributed by atoms with Crippen LogP contribution in [0.15, 0.2) is 0 Å². The Balaban J connectivity index is 4.61. The molecule has 0 unspecified atom stereocenters. The predicted molar refractivity (Wildman–Crippen MR) is 55.0 cm³/mol. The molecule has 0 aromatic heterocycles. The van der Waals surface area contributed by atoms with Gasteiger partial charge in [0.25, 0.3) is 10.0 Å². The lowest BCUT2D eigenvalue weighted by atomic mass is 10.2. The highest BCUT2D eigenvalue weighted by molar-refractivity contribution is 7.89. The molecule has 0 aliphatic heterocycles. The molecule has 0 aromatic rings. The van der Waals surface area contributed by atoms with Crippen LogP contribution in [0, 0.1) is 5.92 Å². The number of nitrogens with zero attached hydrogens (tertiary/aromatic N) is 1. The molecule has 0 atom stereocenters. The zero-order valence-electron chi connectivity index (χ0n) is 8.99. The van der Waals surface area contributed by atoms with E-state index in [2.05, 4.69) is 0 Å². The van der Waals surface area contributed by atoms with Crippen LogP contribution >= 0.6 is 0 Å². The van der Waals surface area contributed by atoms with Gasteiger partial charge in [-0.3, -0.25) is 0 Å². The highest BCUT2D eigenvalue weighted by atomic mass is 32.2. The van der Waals surface area contributed by atoms with Crippen molar-refractivity contribution < 1.29 is 17.2 Å². The minimum atomic E-state index is -4.46. The normalized spacial score (nSPS) is 13.1. The predicted octanol–water partition coefficient (Wildman–Crippen LogP) is 0.846. The van der Waals surface area contributed by atoms with Crippen LogP contribution in [0.4, 0.5) is 8.78 Å². The van der Waals surface area contributed by atoms with E-state index >= 15 is 0 Å². The Kier molecular flexibility index (Phi) is 6.23. The molecule has 0 radical (unpaired) electrons. The van der Waals surface area contributed by atoms with Gasteiger partial charge in [0.2, 0.25) is 0 Å². The molecule has 92 valence electrons. The Morgan fingerprint density at radius 3 is 2.20 bits per heavy atom. The maximum Gasteiger partial charge on any atom is 0.350 e. The van der Waals surface area contributed by atoms with Gasteiger partial charge in [0.15, 0.2) is 0 Å². The summed E-state index contributed by atoms with van der Waals surface area (Å²) in [6, 6.07) is 0. The Morgan fingerprint density at radius 2 is 1.87 bits per heavy atom. The maximum atomic E-state index is 12.3. The Bertz CT molecular complexity index is 268. The van der Waals surface area contributed by atoms with Gasteiger partial charge in [0.05, 0.1) is 0 Å². The van der Waals surface area contributed by atoms with Crippen LogP contribution < -0.4 is 5.73 Å². The van der Waals surface area contributed by atoms with Crippen LogP contribution in [0.1, 0.15) is 20.3 Å². The van der Waals surface area contributed by atoms with Crippen LogP contribution in [-0.2, 0) is 10.0 Å². The van der Waals surface area contributed by atoms with Crippen molar-refractivity contribution in [2.45, 2.75) is 26.0 Å². The van der Waals surface area contributed by atoms with Gasteiger partial charge in [-0.05, 0) is 18.9 Å². The minimum absolute atomic E-state index is 0.0105. The fourth-order valence-electron chi connectivity index (χ4n) is 1.11. The summed E-state index contributed by atoms with van der Waals surface area (Å²) in [4.78, 5) is 0. The number of hydrogen-bond acceptors (Lipinski definition) is 3. The summed E-state index contributed by atoms with van der Waals surface area (Å²) >= 11 is 0. The third kappa shape index (κ3) is 4.85. The molecule has 2 N–H and O–H groups in total. The van der Waals surface area contributed by atoms with E-state index in [0.29, 0.717) is 6.42 Å². The van der Waals surface area contributed by atoms with E-state index in [1.807, 2.05) is 0 Å². The Morgan fingerprint density at radius 1 is 1.33 bits per heavy atom. The molecule has 0 bridgehead atoms. The van der Waals surface area contributed by atoms with E-state index in [0.717, 1.165) is 4.31 Å². The summed E-state index contributed by atoms with van der Waals surface area (Å²) in [5, 5.41) is 0. The van der Waals surface area contributed by atoms with E-state index in [-0.39, 0.29) is 25.6 Å². The molecular formula is C8H18F2N2O2S. The van der Waals surface area contributed by atoms with E-state index in [9.17, 15) is 17.2 Å². The number of rotatable bonds is 7. The van der Waals surface area contributed by atoms with Crippen LogP contribution in [0.3, 0.4) is 0 Å². The van der Waals surface area contributed by atoms with E-state index in [4.69, 9.17) is 5.73 Å². The van der Waals surface area contributed by atoms with Gasteiger partial charge >= 0.3 is 5.76 Å². The summed E-state index contributed by atoms with van der Waals surface area (Å²) in [5.74, 6) is -3.34. The topological polar surface area (TPSA) is 63.4 Å². The summed E-state index contributed by atoms with van der Waals surface area (Å²) in [5.41, 5.74) is 5.22. The number of halogens is 2. The number of nitrogens with two attached hydrogens (primary N) is 1. The highest BCUT2D eigenvalue weighted by Gasteiger charge is 2.31. The lowest BCUT2D eigenvalue weighted by Crippen LogP contribution is -2.39. The summed E-state index contributed by atoms with van der Waals surface area (Å²) in [6.45, 7) is 3.99. The molecule has 15 heavy (non-hydrogen) atoms. The molecule has 0 heterocycles. The van der Waals surface area contributed by atoms with E-state index in [1.165, 1.54) is 0 Å². The molecule has 0 aromatic carbocycles. The van der Waals surface area contributed by atoms with Crippen molar-refractivity contribution in [2.24, 2.45) is 11.7 Å². The SMILES string of the molecule is CC(C)CN(CCCN)S(=O)(=O)C(F)F. The van der Waals surface area contributed by atoms with Gasteiger partial charge < -0.3 is 5.73 Å². The molecule has 4 nitrogen and oxygen atoms in total. The first kappa shape index (κ1) is 14.7. The van der Waals surface area contributed by atoms with Crippen LogP contribution in [0.5, 0.6) is 0 Å². The average Bonchev–Trinajstić information content (AvgIpc) is 2.11. The quantitative estimate of drug-likeness (QED) is 0.722. The molecule has 0 amide bonds. The second kappa shape index (κ2) is 6.34. The molecule has 0 aliphatic carbocycles. The molecule has 7 heteroatoms. The van der Waals surface area contributed by atoms with Gasteiger partial charge in [-0.1, -0.05) is 13.8 Å². The van der Waals surface area contributed by atoms with Crippen molar-refractivity contribution in [1.82, 2.24) is 4.31 Å². The largest absolute Gasteiger partial charge is 0.350 e. The monoisotopic (exact) mass is 244 g/mol. The second-order valence-corrected chi connectivity index (χ2v) is 5.60. The van der Waals surface area contributed by atoms with Gasteiger partial charge in [-0.25, -0.2) is 8.42 Å². The van der Waals surface area contributed by atoms with Crippen LogP contribution in [-0.4, -0.2) is 38.1 Å². The average molecular weight is 244 g/mol. The first-order chi connectivity index (χ1) is 6.82. The van der Waals surface area contributed by atoms with Gasteiger partial charge in [-0.2, -0.15) is 13.1 Å². The van der Waals surface area contributed by atoms with Gasteiger partial charge in [0, 0.05) is 13.1 Å². The Labute approximate surface area is 89.5 Å². The zero-order chi connectivity index (χ0) is 12.1. The third-order valence-corrected chi connectivity index (χ3v) is 3.27. The van der Waals surface area contributed by atoms with Crippen molar-refractivity contribution in [3.8, 4) is 0 Å². The third-order valence-electron chi connectivity index (χ3n) is 1.77. The summed E-state index contributed by atoms with van der Waals surface area (Å²) in [7, 11) is -4.46. The van der Waals surface area contributed by atoms with E-state index < -0.39 is 15.8 Å².